The molecule has 0 aliphatic carbocycles. The Morgan fingerprint density at radius 1 is 1.18 bits per heavy atom. The third-order valence-electron chi connectivity index (χ3n) is 5.61. The monoisotopic (exact) mass is 450 g/mol. The van der Waals surface area contributed by atoms with E-state index in [1.807, 2.05) is 6.07 Å². The first-order valence-corrected chi connectivity index (χ1v) is 10.3. The molecular formula is C23H22N4O6. The molecule has 1 aliphatic rings. The Hall–Kier alpha value is -4.21. The van der Waals surface area contributed by atoms with Gasteiger partial charge in [-0.1, -0.05) is 6.07 Å². The van der Waals surface area contributed by atoms with E-state index in [0.29, 0.717) is 34.4 Å². The summed E-state index contributed by atoms with van der Waals surface area (Å²) in [6.07, 6.45) is -0.501. The molecule has 1 aromatic heterocycles. The molecule has 170 valence electrons. The van der Waals surface area contributed by atoms with E-state index in [9.17, 15) is 24.3 Å². The van der Waals surface area contributed by atoms with Gasteiger partial charge in [0, 0.05) is 30.8 Å². The number of anilines is 1. The summed E-state index contributed by atoms with van der Waals surface area (Å²) in [5, 5.41) is 22.1. The molecule has 0 saturated heterocycles. The van der Waals surface area contributed by atoms with Crippen LogP contribution in [-0.2, 0) is 22.7 Å². The van der Waals surface area contributed by atoms with Gasteiger partial charge in [-0.25, -0.2) is 9.78 Å². The number of rotatable bonds is 8. The summed E-state index contributed by atoms with van der Waals surface area (Å²) >= 11 is 0. The number of carbonyl (C=O) groups is 3. The minimum Gasteiger partial charge on any atom is -0.481 e. The molecule has 2 heterocycles. The van der Waals surface area contributed by atoms with E-state index in [0.717, 1.165) is 11.3 Å². The molecule has 1 amide bonds. The molecule has 4 rings (SSSR count). The lowest BCUT2D eigenvalue weighted by atomic mass is 10.1. The van der Waals surface area contributed by atoms with Gasteiger partial charge < -0.3 is 25.4 Å². The highest BCUT2D eigenvalue weighted by molar-refractivity contribution is 6.01. The Bertz CT molecular complexity index is 1330. The van der Waals surface area contributed by atoms with Gasteiger partial charge in [-0.3, -0.25) is 14.4 Å². The molecule has 0 spiro atoms. The maximum absolute atomic E-state index is 12.7. The van der Waals surface area contributed by atoms with E-state index in [-0.39, 0.29) is 24.9 Å². The van der Waals surface area contributed by atoms with Crippen LogP contribution in [0.2, 0.25) is 0 Å². The van der Waals surface area contributed by atoms with E-state index in [1.165, 1.54) is 4.90 Å². The Morgan fingerprint density at radius 3 is 2.70 bits per heavy atom. The number of aromatic nitrogens is 2. The first-order valence-electron chi connectivity index (χ1n) is 10.3. The molecule has 3 aromatic rings. The summed E-state index contributed by atoms with van der Waals surface area (Å²) in [6.45, 7) is 2.24. The van der Waals surface area contributed by atoms with Crippen LogP contribution >= 0.6 is 0 Å². The van der Waals surface area contributed by atoms with Crippen LogP contribution in [0.1, 0.15) is 40.2 Å². The summed E-state index contributed by atoms with van der Waals surface area (Å²) < 4.78 is 0. The van der Waals surface area contributed by atoms with Crippen molar-refractivity contribution in [3.05, 3.63) is 69.3 Å². The molecule has 1 atom stereocenters. The standard InChI is InChI=1S/C23H22N4O6/c1-12-25-18-5-2-13(8-17(18)21(30)26-12)10-24-15-3-4-16-14(9-15)11-27(22(16)31)19(23(32)33)6-7-20(28)29/h2-5,8-9,19,24H,6-7,10-11H2,1H3,(H,28,29)(H,32,33)(H,25,26,30)/t19-/m0/s1. The van der Waals surface area contributed by atoms with Gasteiger partial charge in [0.05, 0.1) is 10.9 Å². The van der Waals surface area contributed by atoms with E-state index in [1.54, 1.807) is 37.3 Å². The molecule has 2 aromatic carbocycles. The highest BCUT2D eigenvalue weighted by atomic mass is 16.4. The van der Waals surface area contributed by atoms with Gasteiger partial charge in [0.2, 0.25) is 0 Å². The molecule has 10 nitrogen and oxygen atoms in total. The Kier molecular flexibility index (Phi) is 5.82. The third-order valence-corrected chi connectivity index (χ3v) is 5.61. The SMILES string of the molecule is Cc1nc2ccc(CNc3ccc4c(c3)CN([C@@H](CCC(=O)O)C(=O)O)C4=O)cc2c(=O)[nH]1. The summed E-state index contributed by atoms with van der Waals surface area (Å²) in [6, 6.07) is 9.37. The van der Waals surface area contributed by atoms with Crippen molar-refractivity contribution in [1.29, 1.82) is 0 Å². The molecule has 0 bridgehead atoms. The fourth-order valence-corrected chi connectivity index (χ4v) is 3.99. The summed E-state index contributed by atoms with van der Waals surface area (Å²) in [5.74, 6) is -2.22. The molecule has 0 saturated carbocycles. The number of amides is 1. The predicted molar refractivity (Wildman–Crippen MR) is 119 cm³/mol. The lowest BCUT2D eigenvalue weighted by molar-refractivity contribution is -0.143. The number of aromatic amines is 1. The van der Waals surface area contributed by atoms with Crippen molar-refractivity contribution in [3.63, 3.8) is 0 Å². The predicted octanol–water partition coefficient (Wildman–Crippen LogP) is 2.12. The second-order valence-corrected chi connectivity index (χ2v) is 7.95. The summed E-state index contributed by atoms with van der Waals surface area (Å²) in [7, 11) is 0. The van der Waals surface area contributed by atoms with Crippen LogP contribution in [0, 0.1) is 6.92 Å². The van der Waals surface area contributed by atoms with Crippen molar-refractivity contribution >= 4 is 34.4 Å². The van der Waals surface area contributed by atoms with Crippen molar-refractivity contribution in [3.8, 4) is 0 Å². The average molecular weight is 450 g/mol. The van der Waals surface area contributed by atoms with E-state index < -0.39 is 23.9 Å². The zero-order valence-corrected chi connectivity index (χ0v) is 17.8. The fourth-order valence-electron chi connectivity index (χ4n) is 3.99. The second kappa shape index (κ2) is 8.73. The van der Waals surface area contributed by atoms with Gasteiger partial charge >= 0.3 is 11.9 Å². The Balaban J connectivity index is 1.49. The normalized spacial score (nSPS) is 13.7. The van der Waals surface area contributed by atoms with E-state index in [4.69, 9.17) is 5.11 Å². The van der Waals surface area contributed by atoms with Gasteiger partial charge in [0.15, 0.2) is 0 Å². The lowest BCUT2D eigenvalue weighted by Crippen LogP contribution is -2.41. The van der Waals surface area contributed by atoms with Gasteiger partial charge in [-0.2, -0.15) is 0 Å². The molecule has 0 fully saturated rings. The number of H-pyrrole nitrogens is 1. The van der Waals surface area contributed by atoms with Crippen LogP contribution in [0.4, 0.5) is 5.69 Å². The first kappa shape index (κ1) is 22.0. The first-order chi connectivity index (χ1) is 15.7. The number of carbonyl (C=O) groups excluding carboxylic acids is 1. The lowest BCUT2D eigenvalue weighted by Gasteiger charge is -2.23. The number of hydrogen-bond acceptors (Lipinski definition) is 6. The maximum atomic E-state index is 12.7. The quantitative estimate of drug-likeness (QED) is 0.407. The highest BCUT2D eigenvalue weighted by Gasteiger charge is 2.36. The Morgan fingerprint density at radius 2 is 1.97 bits per heavy atom. The van der Waals surface area contributed by atoms with Gasteiger partial charge in [-0.05, 0) is 54.8 Å². The fraction of sp³-hybridized carbons (Fsp3) is 0.261. The van der Waals surface area contributed by atoms with Crippen LogP contribution in [0.25, 0.3) is 10.9 Å². The van der Waals surface area contributed by atoms with Crippen molar-refractivity contribution in [2.45, 2.75) is 38.9 Å². The molecular weight excluding hydrogens is 428 g/mol. The molecule has 1 aliphatic heterocycles. The smallest absolute Gasteiger partial charge is 0.326 e. The molecule has 0 unspecified atom stereocenters. The molecule has 33 heavy (non-hydrogen) atoms. The van der Waals surface area contributed by atoms with Crippen molar-refractivity contribution < 1.29 is 24.6 Å². The minimum absolute atomic E-state index is 0.0939. The maximum Gasteiger partial charge on any atom is 0.326 e. The number of aliphatic carboxylic acids is 2. The second-order valence-electron chi connectivity index (χ2n) is 7.95. The van der Waals surface area contributed by atoms with Gasteiger partial charge in [0.1, 0.15) is 11.9 Å². The average Bonchev–Trinajstić information content (AvgIpc) is 3.07. The van der Waals surface area contributed by atoms with Crippen molar-refractivity contribution in [2.24, 2.45) is 0 Å². The number of benzene rings is 2. The minimum atomic E-state index is -1.23. The van der Waals surface area contributed by atoms with Crippen LogP contribution in [0.3, 0.4) is 0 Å². The van der Waals surface area contributed by atoms with Crippen LogP contribution in [0.15, 0.2) is 41.2 Å². The van der Waals surface area contributed by atoms with Gasteiger partial charge in [0.25, 0.3) is 11.5 Å². The number of hydrogen-bond donors (Lipinski definition) is 4. The van der Waals surface area contributed by atoms with E-state index in [2.05, 4.69) is 15.3 Å². The number of fused-ring (bicyclic) bond motifs is 2. The third kappa shape index (κ3) is 4.54. The van der Waals surface area contributed by atoms with Crippen LogP contribution in [0.5, 0.6) is 0 Å². The largest absolute Gasteiger partial charge is 0.481 e. The van der Waals surface area contributed by atoms with Gasteiger partial charge in [-0.15, -0.1) is 0 Å². The zero-order chi connectivity index (χ0) is 23.7. The summed E-state index contributed by atoms with van der Waals surface area (Å²) in [4.78, 5) is 55.6. The topological polar surface area (TPSA) is 153 Å². The zero-order valence-electron chi connectivity index (χ0n) is 17.8. The van der Waals surface area contributed by atoms with E-state index >= 15 is 0 Å². The number of carboxylic acids is 2. The van der Waals surface area contributed by atoms with Crippen molar-refractivity contribution in [1.82, 2.24) is 14.9 Å². The summed E-state index contributed by atoms with van der Waals surface area (Å²) in [5.41, 5.74) is 3.09. The number of nitrogens with zero attached hydrogens (tertiary/aromatic N) is 2. The number of nitrogens with one attached hydrogen (secondary N) is 2. The number of aryl methyl sites for hydroxylation is 1. The van der Waals surface area contributed by atoms with Crippen molar-refractivity contribution in [2.75, 3.05) is 5.32 Å². The number of carboxylic acid groups (broad SMARTS) is 2. The Labute approximate surface area is 187 Å². The molecule has 10 heteroatoms. The molecule has 0 radical (unpaired) electrons. The molecule has 4 N–H and O–H groups in total. The van der Waals surface area contributed by atoms with Crippen LogP contribution in [-0.4, -0.2) is 49.0 Å². The highest BCUT2D eigenvalue weighted by Crippen LogP contribution is 2.29. The van der Waals surface area contributed by atoms with Crippen LogP contribution < -0.4 is 10.9 Å².